The Morgan fingerprint density at radius 3 is 2.80 bits per heavy atom. The second-order valence-electron chi connectivity index (χ2n) is 3.89. The minimum absolute atomic E-state index is 0. The van der Waals surface area contributed by atoms with Crippen molar-refractivity contribution in [3.63, 3.8) is 0 Å². The van der Waals surface area contributed by atoms with Crippen molar-refractivity contribution in [3.05, 3.63) is 58.9 Å². The number of hydrogen-bond donors (Lipinski definition) is 1. The number of ether oxygens (including phenoxy) is 1. The van der Waals surface area contributed by atoms with Gasteiger partial charge in [-0.05, 0) is 29.8 Å². The number of hydrogen-bond acceptors (Lipinski definition) is 3. The van der Waals surface area contributed by atoms with Crippen molar-refractivity contribution in [3.8, 4) is 5.75 Å². The van der Waals surface area contributed by atoms with E-state index in [-0.39, 0.29) is 18.3 Å². The Balaban J connectivity index is 0.00000200. The molecule has 0 radical (unpaired) electrons. The molecule has 0 atom stereocenters. The van der Waals surface area contributed by atoms with E-state index in [2.05, 4.69) is 10.3 Å². The molecule has 6 heteroatoms. The summed E-state index contributed by atoms with van der Waals surface area (Å²) in [5, 5.41) is 3.33. The number of carbonyl (C=O) groups excluding carboxylic acids is 1. The zero-order valence-corrected chi connectivity index (χ0v) is 12.4. The first kappa shape index (κ1) is 16.3. The second-order valence-corrected chi connectivity index (χ2v) is 4.30. The lowest BCUT2D eigenvalue weighted by Gasteiger charge is -2.07. The number of nitrogens with zero attached hydrogens (tertiary/aromatic N) is 1. The van der Waals surface area contributed by atoms with E-state index in [0.717, 1.165) is 5.56 Å². The Kier molecular flexibility index (Phi) is 6.28. The number of carbonyl (C=O) groups is 1. The first-order chi connectivity index (χ1) is 9.20. The van der Waals surface area contributed by atoms with Crippen molar-refractivity contribution in [1.29, 1.82) is 0 Å². The molecule has 0 aliphatic heterocycles. The van der Waals surface area contributed by atoms with Gasteiger partial charge in [0.15, 0.2) is 0 Å². The van der Waals surface area contributed by atoms with Gasteiger partial charge in [-0.25, -0.2) is 0 Å². The molecular formula is C14H14Cl2N2O2. The summed E-state index contributed by atoms with van der Waals surface area (Å²) in [4.78, 5) is 15.7. The van der Waals surface area contributed by atoms with Gasteiger partial charge in [0.25, 0.3) is 5.91 Å². The normalized spacial score (nSPS) is 9.50. The van der Waals surface area contributed by atoms with Gasteiger partial charge in [-0.3, -0.25) is 9.78 Å². The molecule has 0 unspecified atom stereocenters. The molecule has 2 aromatic rings. The molecule has 1 heterocycles. The summed E-state index contributed by atoms with van der Waals surface area (Å²) in [6.07, 6.45) is 3.15. The van der Waals surface area contributed by atoms with Crippen LogP contribution in [-0.2, 0) is 6.54 Å². The highest BCUT2D eigenvalue weighted by Gasteiger charge is 2.06. The lowest BCUT2D eigenvalue weighted by molar-refractivity contribution is 0.0950. The third-order valence-corrected chi connectivity index (χ3v) is 2.89. The predicted molar refractivity (Wildman–Crippen MR) is 80.7 cm³/mol. The fourth-order valence-electron chi connectivity index (χ4n) is 1.60. The summed E-state index contributed by atoms with van der Waals surface area (Å²) < 4.78 is 5.07. The zero-order valence-electron chi connectivity index (χ0n) is 10.8. The lowest BCUT2D eigenvalue weighted by atomic mass is 10.2. The van der Waals surface area contributed by atoms with E-state index in [1.54, 1.807) is 37.6 Å². The number of pyridine rings is 1. The molecule has 2 rings (SSSR count). The van der Waals surface area contributed by atoms with Gasteiger partial charge in [-0.15, -0.1) is 12.4 Å². The van der Waals surface area contributed by atoms with Crippen LogP contribution >= 0.6 is 24.0 Å². The third-order valence-electron chi connectivity index (χ3n) is 2.59. The quantitative estimate of drug-likeness (QED) is 0.943. The number of amides is 1. The summed E-state index contributed by atoms with van der Waals surface area (Å²) in [7, 11) is 1.56. The van der Waals surface area contributed by atoms with E-state index < -0.39 is 0 Å². The van der Waals surface area contributed by atoms with E-state index in [4.69, 9.17) is 16.3 Å². The van der Waals surface area contributed by atoms with Crippen LogP contribution in [-0.4, -0.2) is 18.0 Å². The highest BCUT2D eigenvalue weighted by molar-refractivity contribution is 6.32. The Hall–Kier alpha value is -1.78. The van der Waals surface area contributed by atoms with E-state index in [9.17, 15) is 4.79 Å². The number of nitrogens with one attached hydrogen (secondary N) is 1. The summed E-state index contributed by atoms with van der Waals surface area (Å²) in [6.45, 7) is 0.400. The molecule has 106 valence electrons. The number of rotatable bonds is 4. The molecule has 1 amide bonds. The molecule has 1 aromatic heterocycles. The summed E-state index contributed by atoms with van der Waals surface area (Å²) in [5.74, 6) is 0.448. The van der Waals surface area contributed by atoms with Crippen LogP contribution in [0.2, 0.25) is 5.02 Å². The average Bonchev–Trinajstić information content (AvgIpc) is 2.46. The van der Waals surface area contributed by atoms with E-state index in [1.807, 2.05) is 6.07 Å². The number of aromatic nitrogens is 1. The first-order valence-electron chi connectivity index (χ1n) is 5.71. The van der Waals surface area contributed by atoms with Crippen LogP contribution in [0.4, 0.5) is 0 Å². The van der Waals surface area contributed by atoms with E-state index in [0.29, 0.717) is 22.9 Å². The zero-order chi connectivity index (χ0) is 13.7. The second kappa shape index (κ2) is 7.72. The van der Waals surface area contributed by atoms with Crippen LogP contribution in [0.3, 0.4) is 0 Å². The van der Waals surface area contributed by atoms with Gasteiger partial charge in [0.1, 0.15) is 5.75 Å². The van der Waals surface area contributed by atoms with Crippen molar-refractivity contribution in [2.24, 2.45) is 0 Å². The van der Waals surface area contributed by atoms with Crippen molar-refractivity contribution in [2.75, 3.05) is 7.11 Å². The average molecular weight is 313 g/mol. The lowest BCUT2D eigenvalue weighted by Crippen LogP contribution is -2.22. The van der Waals surface area contributed by atoms with Gasteiger partial charge in [-0.2, -0.15) is 0 Å². The molecule has 0 fully saturated rings. The van der Waals surface area contributed by atoms with Crippen molar-refractivity contribution in [1.82, 2.24) is 10.3 Å². The standard InChI is InChI=1S/C14H13ClN2O2.ClH/c1-19-13-5-4-10(7-12(13)15)8-17-14(18)11-3-2-6-16-9-11;/h2-7,9H,8H2,1H3,(H,17,18);1H. The Bertz CT molecular complexity index is 577. The Morgan fingerprint density at radius 2 is 2.20 bits per heavy atom. The van der Waals surface area contributed by atoms with Gasteiger partial charge in [-0.1, -0.05) is 17.7 Å². The SMILES string of the molecule is COc1ccc(CNC(=O)c2cccnc2)cc1Cl.Cl. The van der Waals surface area contributed by atoms with Gasteiger partial charge >= 0.3 is 0 Å². The van der Waals surface area contributed by atoms with Crippen LogP contribution in [0.25, 0.3) is 0 Å². The number of benzene rings is 1. The molecule has 1 N–H and O–H groups in total. The minimum atomic E-state index is -0.167. The smallest absolute Gasteiger partial charge is 0.253 e. The molecular weight excluding hydrogens is 299 g/mol. The first-order valence-corrected chi connectivity index (χ1v) is 6.09. The molecule has 0 bridgehead atoms. The molecule has 0 aliphatic carbocycles. The molecule has 0 aliphatic rings. The number of methoxy groups -OCH3 is 1. The van der Waals surface area contributed by atoms with Crippen LogP contribution < -0.4 is 10.1 Å². The van der Waals surface area contributed by atoms with Crippen LogP contribution in [0.1, 0.15) is 15.9 Å². The summed E-state index contributed by atoms with van der Waals surface area (Å²) >= 11 is 6.01. The van der Waals surface area contributed by atoms with Crippen LogP contribution in [0.5, 0.6) is 5.75 Å². The Morgan fingerprint density at radius 1 is 1.40 bits per heavy atom. The van der Waals surface area contributed by atoms with Crippen LogP contribution in [0.15, 0.2) is 42.7 Å². The maximum absolute atomic E-state index is 11.8. The molecule has 20 heavy (non-hydrogen) atoms. The van der Waals surface area contributed by atoms with E-state index in [1.165, 1.54) is 6.20 Å². The fraction of sp³-hybridized carbons (Fsp3) is 0.143. The Labute approximate surface area is 128 Å². The largest absolute Gasteiger partial charge is 0.495 e. The highest BCUT2D eigenvalue weighted by Crippen LogP contribution is 2.24. The fourth-order valence-corrected chi connectivity index (χ4v) is 1.88. The summed E-state index contributed by atoms with van der Waals surface area (Å²) in [6, 6.07) is 8.83. The summed E-state index contributed by atoms with van der Waals surface area (Å²) in [5.41, 5.74) is 1.44. The van der Waals surface area contributed by atoms with Crippen molar-refractivity contribution < 1.29 is 9.53 Å². The molecule has 0 spiro atoms. The molecule has 0 saturated carbocycles. The predicted octanol–water partition coefficient (Wildman–Crippen LogP) is 3.10. The molecule has 0 saturated heterocycles. The maximum Gasteiger partial charge on any atom is 0.253 e. The van der Waals surface area contributed by atoms with E-state index >= 15 is 0 Å². The minimum Gasteiger partial charge on any atom is -0.495 e. The van der Waals surface area contributed by atoms with Crippen LogP contribution in [0, 0.1) is 0 Å². The van der Waals surface area contributed by atoms with Crippen molar-refractivity contribution >= 4 is 29.9 Å². The molecule has 4 nitrogen and oxygen atoms in total. The van der Waals surface area contributed by atoms with Gasteiger partial charge in [0.05, 0.1) is 17.7 Å². The van der Waals surface area contributed by atoms with Gasteiger partial charge in [0.2, 0.25) is 0 Å². The van der Waals surface area contributed by atoms with Gasteiger partial charge in [0, 0.05) is 18.9 Å². The topological polar surface area (TPSA) is 51.2 Å². The number of halogens is 2. The highest BCUT2D eigenvalue weighted by atomic mass is 35.5. The third kappa shape index (κ3) is 4.11. The monoisotopic (exact) mass is 312 g/mol. The molecule has 1 aromatic carbocycles. The van der Waals surface area contributed by atoms with Crippen molar-refractivity contribution in [2.45, 2.75) is 6.54 Å². The maximum atomic E-state index is 11.8. The van der Waals surface area contributed by atoms with Gasteiger partial charge < -0.3 is 10.1 Å².